The molecule has 3 nitrogen and oxygen atoms in total. The molecule has 0 saturated carbocycles. The molecule has 14 heavy (non-hydrogen) atoms. The Hall–Kier alpha value is -1.00. The second-order valence-electron chi connectivity index (χ2n) is 2.61. The second kappa shape index (κ2) is 4.02. The van der Waals surface area contributed by atoms with Crippen LogP contribution < -0.4 is 0 Å². The van der Waals surface area contributed by atoms with Crippen molar-refractivity contribution in [3.63, 3.8) is 0 Å². The zero-order chi connectivity index (χ0) is 9.97. The van der Waals surface area contributed by atoms with Crippen LogP contribution in [0.4, 0.5) is 0 Å². The molecule has 0 aromatic carbocycles. The van der Waals surface area contributed by atoms with Crippen LogP contribution in [0.2, 0.25) is 5.02 Å². The molecule has 0 bridgehead atoms. The van der Waals surface area contributed by atoms with Gasteiger partial charge in [-0.05, 0) is 24.5 Å². The first-order valence-corrected chi connectivity index (χ1v) is 5.62. The van der Waals surface area contributed by atoms with Gasteiger partial charge in [0.25, 0.3) is 0 Å². The molecule has 0 aliphatic heterocycles. The lowest BCUT2D eigenvalue weighted by molar-refractivity contribution is 0.811. The largest absolute Gasteiger partial charge is 0.236 e. The van der Waals surface area contributed by atoms with E-state index in [0.29, 0.717) is 10.8 Å². The van der Waals surface area contributed by atoms with E-state index >= 15 is 0 Å². The van der Waals surface area contributed by atoms with Gasteiger partial charge in [-0.3, -0.25) is 0 Å². The van der Waals surface area contributed by atoms with Crippen molar-refractivity contribution in [3.05, 3.63) is 35.6 Å². The van der Waals surface area contributed by atoms with Crippen LogP contribution in [-0.4, -0.2) is 21.0 Å². The molecule has 0 saturated heterocycles. The van der Waals surface area contributed by atoms with E-state index < -0.39 is 0 Å². The highest BCUT2D eigenvalue weighted by Gasteiger charge is 2.04. The van der Waals surface area contributed by atoms with Crippen molar-refractivity contribution in [1.82, 2.24) is 14.8 Å². The molecule has 2 rings (SSSR count). The monoisotopic (exact) mass is 225 g/mol. The van der Waals surface area contributed by atoms with Crippen LogP contribution in [0.3, 0.4) is 0 Å². The normalized spacial score (nSPS) is 10.4. The molecule has 2 aromatic heterocycles. The first-order chi connectivity index (χ1) is 6.81. The molecule has 2 aromatic rings. The van der Waals surface area contributed by atoms with Gasteiger partial charge >= 0.3 is 0 Å². The van der Waals surface area contributed by atoms with Crippen molar-refractivity contribution in [2.45, 2.75) is 5.03 Å². The van der Waals surface area contributed by atoms with Gasteiger partial charge in [0.1, 0.15) is 5.03 Å². The summed E-state index contributed by atoms with van der Waals surface area (Å²) in [5.41, 5.74) is 0. The summed E-state index contributed by atoms with van der Waals surface area (Å²) in [6, 6.07) is 5.52. The summed E-state index contributed by atoms with van der Waals surface area (Å²) < 4.78 is 1.67. The highest BCUT2D eigenvalue weighted by Crippen LogP contribution is 2.18. The summed E-state index contributed by atoms with van der Waals surface area (Å²) in [6.07, 6.45) is 5.52. The van der Waals surface area contributed by atoms with Crippen molar-refractivity contribution in [2.75, 3.05) is 6.26 Å². The molecule has 5 heteroatoms. The minimum Gasteiger partial charge on any atom is -0.236 e. The maximum atomic E-state index is 5.98. The standard InChI is InChI=1S/C9H8ClN3S/c1-14-8-4-6-13(12-8)9-7(10)3-2-5-11-9/h2-6H,1H3. The molecule has 0 aliphatic carbocycles. The van der Waals surface area contributed by atoms with Gasteiger partial charge < -0.3 is 0 Å². The third-order valence-electron chi connectivity index (χ3n) is 1.73. The molecule has 0 atom stereocenters. The zero-order valence-corrected chi connectivity index (χ0v) is 9.09. The van der Waals surface area contributed by atoms with Crippen LogP contribution in [0.15, 0.2) is 35.6 Å². The van der Waals surface area contributed by atoms with E-state index in [4.69, 9.17) is 11.6 Å². The number of thioether (sulfide) groups is 1. The number of halogens is 1. The fourth-order valence-corrected chi connectivity index (χ4v) is 1.65. The Morgan fingerprint density at radius 3 is 2.93 bits per heavy atom. The van der Waals surface area contributed by atoms with E-state index in [1.54, 1.807) is 34.8 Å². The Kier molecular flexibility index (Phi) is 2.74. The Bertz CT molecular complexity index is 441. The number of hydrogen-bond donors (Lipinski definition) is 0. The molecule has 0 unspecified atom stereocenters. The Morgan fingerprint density at radius 1 is 1.43 bits per heavy atom. The Morgan fingerprint density at radius 2 is 2.29 bits per heavy atom. The average molecular weight is 226 g/mol. The summed E-state index contributed by atoms with van der Waals surface area (Å²) in [6.45, 7) is 0. The first kappa shape index (κ1) is 9.55. The van der Waals surface area contributed by atoms with Gasteiger partial charge in [0.15, 0.2) is 5.82 Å². The summed E-state index contributed by atoms with van der Waals surface area (Å²) >= 11 is 7.57. The van der Waals surface area contributed by atoms with Crippen LogP contribution in [-0.2, 0) is 0 Å². The molecule has 0 fully saturated rings. The Balaban J connectivity index is 2.44. The van der Waals surface area contributed by atoms with Crippen molar-refractivity contribution in [1.29, 1.82) is 0 Å². The number of rotatable bonds is 2. The third-order valence-corrected chi connectivity index (χ3v) is 2.66. The number of aromatic nitrogens is 3. The maximum Gasteiger partial charge on any atom is 0.172 e. The van der Waals surface area contributed by atoms with E-state index in [2.05, 4.69) is 10.1 Å². The van der Waals surface area contributed by atoms with E-state index in [1.807, 2.05) is 18.5 Å². The molecule has 2 heterocycles. The van der Waals surface area contributed by atoms with Gasteiger partial charge in [0.05, 0.1) is 5.02 Å². The van der Waals surface area contributed by atoms with E-state index in [-0.39, 0.29) is 0 Å². The first-order valence-electron chi connectivity index (χ1n) is 4.02. The molecular formula is C9H8ClN3S. The van der Waals surface area contributed by atoms with Crippen molar-refractivity contribution in [3.8, 4) is 5.82 Å². The van der Waals surface area contributed by atoms with E-state index in [1.165, 1.54) is 0 Å². The summed E-state index contributed by atoms with van der Waals surface area (Å²) in [4.78, 5) is 4.16. The van der Waals surface area contributed by atoms with Gasteiger partial charge in [-0.15, -0.1) is 11.8 Å². The van der Waals surface area contributed by atoms with Crippen LogP contribution in [0.1, 0.15) is 0 Å². The van der Waals surface area contributed by atoms with Crippen LogP contribution in [0.25, 0.3) is 5.82 Å². The molecule has 0 N–H and O–H groups in total. The van der Waals surface area contributed by atoms with Crippen LogP contribution >= 0.6 is 23.4 Å². The predicted molar refractivity (Wildman–Crippen MR) is 58.2 cm³/mol. The van der Waals surface area contributed by atoms with Crippen molar-refractivity contribution >= 4 is 23.4 Å². The number of nitrogens with zero attached hydrogens (tertiary/aromatic N) is 3. The van der Waals surface area contributed by atoms with Crippen LogP contribution in [0.5, 0.6) is 0 Å². The lowest BCUT2D eigenvalue weighted by Crippen LogP contribution is -1.98. The fourth-order valence-electron chi connectivity index (χ4n) is 1.08. The fraction of sp³-hybridized carbons (Fsp3) is 0.111. The highest BCUT2D eigenvalue weighted by molar-refractivity contribution is 7.98. The number of pyridine rings is 1. The van der Waals surface area contributed by atoms with Gasteiger partial charge in [0.2, 0.25) is 0 Å². The molecular weight excluding hydrogens is 218 g/mol. The summed E-state index contributed by atoms with van der Waals surface area (Å²) in [7, 11) is 0. The molecule has 0 aliphatic rings. The smallest absolute Gasteiger partial charge is 0.172 e. The highest BCUT2D eigenvalue weighted by atomic mass is 35.5. The lowest BCUT2D eigenvalue weighted by atomic mass is 10.4. The maximum absolute atomic E-state index is 5.98. The zero-order valence-electron chi connectivity index (χ0n) is 7.51. The van der Waals surface area contributed by atoms with Gasteiger partial charge in [-0.25, -0.2) is 9.67 Å². The topological polar surface area (TPSA) is 30.7 Å². The third kappa shape index (κ3) is 1.76. The van der Waals surface area contributed by atoms with E-state index in [9.17, 15) is 0 Å². The van der Waals surface area contributed by atoms with Gasteiger partial charge in [0, 0.05) is 12.4 Å². The van der Waals surface area contributed by atoms with Crippen molar-refractivity contribution in [2.24, 2.45) is 0 Å². The second-order valence-corrected chi connectivity index (χ2v) is 3.85. The Labute approximate surface area is 91.1 Å². The molecule has 0 amide bonds. The van der Waals surface area contributed by atoms with E-state index in [0.717, 1.165) is 5.03 Å². The average Bonchev–Trinajstić information content (AvgIpc) is 2.67. The summed E-state index contributed by atoms with van der Waals surface area (Å²) in [5, 5.41) is 5.84. The minimum absolute atomic E-state index is 0.600. The van der Waals surface area contributed by atoms with Crippen molar-refractivity contribution < 1.29 is 0 Å². The lowest BCUT2D eigenvalue weighted by Gasteiger charge is -2.01. The van der Waals surface area contributed by atoms with Crippen LogP contribution in [0, 0.1) is 0 Å². The predicted octanol–water partition coefficient (Wildman–Crippen LogP) is 2.64. The quantitative estimate of drug-likeness (QED) is 0.737. The van der Waals surface area contributed by atoms with Gasteiger partial charge in [-0.1, -0.05) is 11.6 Å². The van der Waals surface area contributed by atoms with Gasteiger partial charge in [-0.2, -0.15) is 5.10 Å². The molecule has 0 radical (unpaired) electrons. The molecule has 72 valence electrons. The minimum atomic E-state index is 0.600. The summed E-state index contributed by atoms with van der Waals surface area (Å²) in [5.74, 6) is 0.662. The molecule has 0 spiro atoms. The number of hydrogen-bond acceptors (Lipinski definition) is 3. The SMILES string of the molecule is CSc1ccn(-c2ncccc2Cl)n1.